The first-order chi connectivity index (χ1) is 10.3. The van der Waals surface area contributed by atoms with Crippen LogP contribution in [-0.4, -0.2) is 11.5 Å². The summed E-state index contributed by atoms with van der Waals surface area (Å²) in [5.41, 5.74) is 9.12. The molecule has 3 rings (SSSR count). The van der Waals surface area contributed by atoms with E-state index in [2.05, 4.69) is 36.1 Å². The molecule has 1 heterocycles. The van der Waals surface area contributed by atoms with Crippen molar-refractivity contribution in [3.8, 4) is 0 Å². The first kappa shape index (κ1) is 13.9. The molecule has 0 atom stereocenters. The Balaban J connectivity index is 1.90. The summed E-state index contributed by atoms with van der Waals surface area (Å²) in [5.74, 6) is 0. The number of nitrogens with zero attached hydrogens (tertiary/aromatic N) is 2. The van der Waals surface area contributed by atoms with E-state index in [1.807, 2.05) is 24.3 Å². The summed E-state index contributed by atoms with van der Waals surface area (Å²) in [6.45, 7) is 3.97. The Bertz CT molecular complexity index is 702. The van der Waals surface area contributed by atoms with Crippen molar-refractivity contribution in [2.45, 2.75) is 19.9 Å². The van der Waals surface area contributed by atoms with Crippen molar-refractivity contribution >= 4 is 32.9 Å². The van der Waals surface area contributed by atoms with E-state index in [1.54, 1.807) is 11.3 Å². The highest BCUT2D eigenvalue weighted by Gasteiger charge is 2.12. The van der Waals surface area contributed by atoms with Crippen molar-refractivity contribution in [3.05, 3.63) is 53.5 Å². The third kappa shape index (κ3) is 3.00. The highest BCUT2D eigenvalue weighted by molar-refractivity contribution is 7.18. The van der Waals surface area contributed by atoms with Crippen LogP contribution in [0.25, 0.3) is 10.2 Å². The van der Waals surface area contributed by atoms with Gasteiger partial charge in [-0.05, 0) is 30.7 Å². The van der Waals surface area contributed by atoms with Crippen LogP contribution in [0.2, 0.25) is 0 Å². The van der Waals surface area contributed by atoms with E-state index in [0.29, 0.717) is 0 Å². The molecule has 0 aliphatic rings. The van der Waals surface area contributed by atoms with Gasteiger partial charge in [0.15, 0.2) is 0 Å². The lowest BCUT2D eigenvalue weighted by Crippen LogP contribution is -2.24. The molecule has 2 aromatic carbocycles. The molecule has 3 nitrogen and oxygen atoms in total. The van der Waals surface area contributed by atoms with Crippen LogP contribution in [0.1, 0.15) is 18.4 Å². The minimum absolute atomic E-state index is 0.807. The van der Waals surface area contributed by atoms with Crippen molar-refractivity contribution in [3.63, 3.8) is 0 Å². The number of nitrogen functional groups attached to an aromatic ring is 1. The second-order valence-corrected chi connectivity index (χ2v) is 6.17. The van der Waals surface area contributed by atoms with Crippen LogP contribution >= 0.6 is 11.3 Å². The molecule has 2 N–H and O–H groups in total. The molecule has 3 aromatic rings. The van der Waals surface area contributed by atoms with E-state index in [0.717, 1.165) is 41.4 Å². The molecule has 1 aromatic heterocycles. The maximum atomic E-state index is 6.12. The molecule has 0 aliphatic heterocycles. The van der Waals surface area contributed by atoms with Crippen molar-refractivity contribution in [2.75, 3.05) is 17.2 Å². The van der Waals surface area contributed by atoms with E-state index in [-0.39, 0.29) is 0 Å². The standard InChI is InChI=1S/C17H19N3S/c1-2-11-20(15-9-5-3-7-13(15)18)12-17-19-14-8-4-6-10-16(14)21-17/h3-10H,2,11-12,18H2,1H3. The average molecular weight is 297 g/mol. The summed E-state index contributed by atoms with van der Waals surface area (Å²) in [7, 11) is 0. The molecule has 0 aliphatic carbocycles. The Hall–Kier alpha value is -2.07. The van der Waals surface area contributed by atoms with Gasteiger partial charge in [0, 0.05) is 6.54 Å². The number of fused-ring (bicyclic) bond motifs is 1. The third-order valence-corrected chi connectivity index (χ3v) is 4.46. The van der Waals surface area contributed by atoms with Gasteiger partial charge >= 0.3 is 0 Å². The van der Waals surface area contributed by atoms with Crippen molar-refractivity contribution in [2.24, 2.45) is 0 Å². The molecule has 0 fully saturated rings. The number of hydrogen-bond acceptors (Lipinski definition) is 4. The smallest absolute Gasteiger partial charge is 0.113 e. The SMILES string of the molecule is CCCN(Cc1nc2ccccc2s1)c1ccccc1N. The maximum absolute atomic E-state index is 6.12. The first-order valence-corrected chi connectivity index (χ1v) is 8.03. The fraction of sp³-hybridized carbons (Fsp3) is 0.235. The second kappa shape index (κ2) is 6.14. The lowest BCUT2D eigenvalue weighted by molar-refractivity contribution is 0.766. The summed E-state index contributed by atoms with van der Waals surface area (Å²) in [6, 6.07) is 16.3. The normalized spacial score (nSPS) is 10.9. The third-order valence-electron chi connectivity index (χ3n) is 3.44. The molecule has 4 heteroatoms. The zero-order chi connectivity index (χ0) is 14.7. The summed E-state index contributed by atoms with van der Waals surface area (Å²) >= 11 is 1.76. The van der Waals surface area contributed by atoms with Crippen LogP contribution in [0.15, 0.2) is 48.5 Å². The van der Waals surface area contributed by atoms with Crippen molar-refractivity contribution in [1.82, 2.24) is 4.98 Å². The second-order valence-electron chi connectivity index (χ2n) is 5.06. The zero-order valence-corrected chi connectivity index (χ0v) is 12.9. The maximum Gasteiger partial charge on any atom is 0.113 e. The number of anilines is 2. The van der Waals surface area contributed by atoms with E-state index in [1.165, 1.54) is 4.70 Å². The van der Waals surface area contributed by atoms with E-state index >= 15 is 0 Å². The van der Waals surface area contributed by atoms with Crippen LogP contribution in [0.3, 0.4) is 0 Å². The van der Waals surface area contributed by atoms with Crippen molar-refractivity contribution in [1.29, 1.82) is 0 Å². The fourth-order valence-corrected chi connectivity index (χ4v) is 3.46. The molecule has 0 amide bonds. The Morgan fingerprint density at radius 2 is 1.86 bits per heavy atom. The fourth-order valence-electron chi connectivity index (χ4n) is 2.48. The van der Waals surface area contributed by atoms with Crippen molar-refractivity contribution < 1.29 is 0 Å². The molecule has 0 unspecified atom stereocenters. The lowest BCUT2D eigenvalue weighted by atomic mass is 10.2. The molecule has 0 spiro atoms. The zero-order valence-electron chi connectivity index (χ0n) is 12.1. The number of benzene rings is 2. The van der Waals surface area contributed by atoms with Gasteiger partial charge in [0.2, 0.25) is 0 Å². The van der Waals surface area contributed by atoms with Gasteiger partial charge in [-0.3, -0.25) is 0 Å². The van der Waals surface area contributed by atoms with E-state index in [9.17, 15) is 0 Å². The van der Waals surface area contributed by atoms with Gasteiger partial charge in [-0.1, -0.05) is 31.2 Å². The number of nitrogens with two attached hydrogens (primary N) is 1. The predicted molar refractivity (Wildman–Crippen MR) is 91.8 cm³/mol. The summed E-state index contributed by atoms with van der Waals surface area (Å²) in [5, 5.41) is 1.13. The number of para-hydroxylation sites is 3. The highest BCUT2D eigenvalue weighted by Crippen LogP contribution is 2.27. The van der Waals surface area contributed by atoms with Gasteiger partial charge < -0.3 is 10.6 Å². The van der Waals surface area contributed by atoms with E-state index < -0.39 is 0 Å². The van der Waals surface area contributed by atoms with Gasteiger partial charge in [-0.2, -0.15) is 0 Å². The minimum atomic E-state index is 0.807. The summed E-state index contributed by atoms with van der Waals surface area (Å²) in [4.78, 5) is 7.04. The topological polar surface area (TPSA) is 42.2 Å². The molecule has 108 valence electrons. The summed E-state index contributed by atoms with van der Waals surface area (Å²) < 4.78 is 1.24. The van der Waals surface area contributed by atoms with Gasteiger partial charge in [0.1, 0.15) is 5.01 Å². The Morgan fingerprint density at radius 3 is 2.62 bits per heavy atom. The quantitative estimate of drug-likeness (QED) is 0.714. The van der Waals surface area contributed by atoms with Gasteiger partial charge in [-0.25, -0.2) is 4.98 Å². The largest absolute Gasteiger partial charge is 0.397 e. The Kier molecular flexibility index (Phi) is 4.06. The molecule has 21 heavy (non-hydrogen) atoms. The molecule has 0 bridgehead atoms. The van der Waals surface area contributed by atoms with Crippen LogP contribution in [0.5, 0.6) is 0 Å². The predicted octanol–water partition coefficient (Wildman–Crippen LogP) is 4.30. The number of thiazole rings is 1. The molecular formula is C17H19N3S. The molecular weight excluding hydrogens is 278 g/mol. The van der Waals surface area contributed by atoms with Gasteiger partial charge in [0.05, 0.1) is 28.1 Å². The van der Waals surface area contributed by atoms with Crippen LogP contribution < -0.4 is 10.6 Å². The monoisotopic (exact) mass is 297 g/mol. The number of hydrogen-bond donors (Lipinski definition) is 1. The van der Waals surface area contributed by atoms with Gasteiger partial charge in [0.25, 0.3) is 0 Å². The van der Waals surface area contributed by atoms with Crippen LogP contribution in [-0.2, 0) is 6.54 Å². The minimum Gasteiger partial charge on any atom is -0.397 e. The lowest BCUT2D eigenvalue weighted by Gasteiger charge is -2.24. The summed E-state index contributed by atoms with van der Waals surface area (Å²) in [6.07, 6.45) is 1.08. The Labute approximate surface area is 129 Å². The number of rotatable bonds is 5. The molecule has 0 saturated carbocycles. The molecule has 0 saturated heterocycles. The Morgan fingerprint density at radius 1 is 1.10 bits per heavy atom. The average Bonchev–Trinajstić information content (AvgIpc) is 2.89. The first-order valence-electron chi connectivity index (χ1n) is 7.22. The highest BCUT2D eigenvalue weighted by atomic mass is 32.1. The van der Waals surface area contributed by atoms with E-state index in [4.69, 9.17) is 10.7 Å². The molecule has 0 radical (unpaired) electrons. The number of aromatic nitrogens is 1. The van der Waals surface area contributed by atoms with Crippen LogP contribution in [0.4, 0.5) is 11.4 Å². The van der Waals surface area contributed by atoms with Gasteiger partial charge in [-0.15, -0.1) is 11.3 Å². The van der Waals surface area contributed by atoms with Crippen LogP contribution in [0, 0.1) is 0 Å².